The average molecular weight is 677 g/mol. The van der Waals surface area contributed by atoms with Gasteiger partial charge in [0.1, 0.15) is 34.0 Å². The van der Waals surface area contributed by atoms with Gasteiger partial charge in [0.15, 0.2) is 11.4 Å². The third-order valence-electron chi connectivity index (χ3n) is 7.90. The lowest BCUT2D eigenvalue weighted by Gasteiger charge is -2.13. The summed E-state index contributed by atoms with van der Waals surface area (Å²) in [6.07, 6.45) is 0. The van der Waals surface area contributed by atoms with Gasteiger partial charge in [-0.3, -0.25) is 0 Å². The number of rotatable bonds is 11. The summed E-state index contributed by atoms with van der Waals surface area (Å²) in [7, 11) is 1.50. The summed E-state index contributed by atoms with van der Waals surface area (Å²) in [5, 5.41) is 56.2. The molecule has 0 unspecified atom stereocenters. The van der Waals surface area contributed by atoms with Gasteiger partial charge in [0, 0.05) is 48.6 Å². The van der Waals surface area contributed by atoms with Crippen molar-refractivity contribution in [2.45, 2.75) is 33.1 Å². The summed E-state index contributed by atoms with van der Waals surface area (Å²) in [5.41, 5.74) is 4.12. The molecule has 0 spiro atoms. The molecule has 0 saturated carbocycles. The van der Waals surface area contributed by atoms with E-state index in [0.29, 0.717) is 48.2 Å². The van der Waals surface area contributed by atoms with E-state index in [1.54, 1.807) is 18.2 Å². The SMILES string of the molecule is COc1cc(CNCc2ccccc2)cc2c(O)c(C)c(C(=O)O)nc12.O=C(O)c1cc(O)c2cc(CNCc3ccccc3)cc(O)c2n1. The number of hydrogen-bond donors (Lipinski definition) is 7. The van der Waals surface area contributed by atoms with Crippen LogP contribution in [0.1, 0.15) is 48.8 Å². The van der Waals surface area contributed by atoms with Gasteiger partial charge < -0.3 is 40.9 Å². The van der Waals surface area contributed by atoms with Gasteiger partial charge in [-0.2, -0.15) is 0 Å². The second kappa shape index (κ2) is 15.8. The Morgan fingerprint density at radius 1 is 0.640 bits per heavy atom. The minimum atomic E-state index is -1.26. The molecule has 2 heterocycles. The zero-order valence-electron chi connectivity index (χ0n) is 27.3. The molecule has 0 aliphatic heterocycles. The number of phenolic OH excluding ortho intramolecular Hbond substituents is 1. The molecule has 0 saturated heterocycles. The lowest BCUT2D eigenvalue weighted by molar-refractivity contribution is 0.0679. The lowest BCUT2D eigenvalue weighted by atomic mass is 10.0. The first-order valence-corrected chi connectivity index (χ1v) is 15.6. The second-order valence-corrected chi connectivity index (χ2v) is 11.5. The van der Waals surface area contributed by atoms with Crippen LogP contribution >= 0.6 is 0 Å². The first-order chi connectivity index (χ1) is 24.0. The molecule has 12 heteroatoms. The van der Waals surface area contributed by atoms with E-state index in [9.17, 15) is 30.0 Å². The predicted octanol–water partition coefficient (Wildman–Crippen LogP) is 5.88. The number of methoxy groups -OCH3 is 1. The molecule has 7 N–H and O–H groups in total. The Morgan fingerprint density at radius 2 is 1.18 bits per heavy atom. The minimum absolute atomic E-state index is 0.0687. The number of hydrogen-bond acceptors (Lipinski definition) is 10. The summed E-state index contributed by atoms with van der Waals surface area (Å²) in [6.45, 7) is 3.97. The fraction of sp³-hybridized carbons (Fsp3) is 0.158. The van der Waals surface area contributed by atoms with Crippen LogP contribution < -0.4 is 15.4 Å². The number of fused-ring (bicyclic) bond motifs is 2. The van der Waals surface area contributed by atoms with Crippen molar-refractivity contribution in [3.05, 3.63) is 130 Å². The molecule has 2 aromatic heterocycles. The molecule has 0 radical (unpaired) electrons. The number of aromatic carboxylic acids is 2. The van der Waals surface area contributed by atoms with Crippen molar-refractivity contribution in [2.75, 3.05) is 7.11 Å². The number of aromatic hydroxyl groups is 3. The quantitative estimate of drug-likeness (QED) is 0.0863. The van der Waals surface area contributed by atoms with Gasteiger partial charge in [-0.1, -0.05) is 60.7 Å². The molecule has 0 atom stereocenters. The fourth-order valence-corrected chi connectivity index (χ4v) is 5.39. The predicted molar refractivity (Wildman–Crippen MR) is 188 cm³/mol. The van der Waals surface area contributed by atoms with Gasteiger partial charge in [0.25, 0.3) is 0 Å². The monoisotopic (exact) mass is 676 g/mol. The van der Waals surface area contributed by atoms with Crippen LogP contribution in [0.15, 0.2) is 91.0 Å². The summed E-state index contributed by atoms with van der Waals surface area (Å²) in [6, 6.07) is 27.8. The number of pyridine rings is 2. The van der Waals surface area contributed by atoms with Crippen LogP contribution in [0.25, 0.3) is 21.8 Å². The van der Waals surface area contributed by atoms with E-state index >= 15 is 0 Å². The number of aromatic nitrogens is 2. The molecule has 0 aliphatic rings. The fourth-order valence-electron chi connectivity index (χ4n) is 5.39. The van der Waals surface area contributed by atoms with Crippen molar-refractivity contribution in [1.82, 2.24) is 20.6 Å². The molecule has 0 bridgehead atoms. The standard InChI is InChI=1S/C20H20N2O4.C18H16N2O4/c1-12-17(20(24)25)22-18-15(19(12)23)8-14(9-16(18)26-2)11-21-10-13-6-4-3-5-7-13;21-15-8-14(18(23)24)20-17-13(15)6-12(7-16(17)22)10-19-9-11-4-2-1-3-5-11/h3-9,21H,10-11H2,1-2H3,(H,22,23)(H,24,25);1-8,19,22H,9-10H2,(H,20,21)(H,23,24). The summed E-state index contributed by atoms with van der Waals surface area (Å²) in [5.74, 6) is -2.50. The summed E-state index contributed by atoms with van der Waals surface area (Å²) in [4.78, 5) is 30.4. The molecular weight excluding hydrogens is 640 g/mol. The number of ether oxygens (including phenoxy) is 1. The maximum Gasteiger partial charge on any atom is 0.354 e. The van der Waals surface area contributed by atoms with Crippen molar-refractivity contribution < 1.29 is 39.9 Å². The van der Waals surface area contributed by atoms with Gasteiger partial charge in [0.05, 0.1) is 7.11 Å². The van der Waals surface area contributed by atoms with Crippen molar-refractivity contribution in [3.8, 4) is 23.0 Å². The molecule has 0 amide bonds. The van der Waals surface area contributed by atoms with Crippen LogP contribution in [0.2, 0.25) is 0 Å². The molecule has 12 nitrogen and oxygen atoms in total. The van der Waals surface area contributed by atoms with E-state index in [0.717, 1.165) is 22.8 Å². The van der Waals surface area contributed by atoms with Gasteiger partial charge in [-0.25, -0.2) is 19.6 Å². The topological polar surface area (TPSA) is 194 Å². The number of phenols is 1. The molecule has 256 valence electrons. The molecule has 50 heavy (non-hydrogen) atoms. The van der Waals surface area contributed by atoms with E-state index in [-0.39, 0.29) is 39.7 Å². The molecule has 0 fully saturated rings. The highest BCUT2D eigenvalue weighted by molar-refractivity contribution is 5.98. The van der Waals surface area contributed by atoms with E-state index in [1.807, 2.05) is 60.7 Å². The molecule has 0 aliphatic carbocycles. The Kier molecular flexibility index (Phi) is 11.1. The maximum atomic E-state index is 11.3. The largest absolute Gasteiger partial charge is 0.507 e. The highest BCUT2D eigenvalue weighted by atomic mass is 16.5. The van der Waals surface area contributed by atoms with Crippen LogP contribution in [-0.2, 0) is 26.2 Å². The normalized spacial score (nSPS) is 10.8. The van der Waals surface area contributed by atoms with Crippen LogP contribution in [0.4, 0.5) is 0 Å². The Bertz CT molecular complexity index is 2160. The van der Waals surface area contributed by atoms with Crippen LogP contribution in [0, 0.1) is 6.92 Å². The van der Waals surface area contributed by atoms with Gasteiger partial charge in [-0.05, 0) is 53.4 Å². The number of carboxylic acid groups (broad SMARTS) is 2. The van der Waals surface area contributed by atoms with Crippen molar-refractivity contribution >= 4 is 33.7 Å². The zero-order chi connectivity index (χ0) is 35.8. The number of benzene rings is 4. The third kappa shape index (κ3) is 8.24. The average Bonchev–Trinajstić information content (AvgIpc) is 3.11. The summed E-state index contributed by atoms with van der Waals surface area (Å²) < 4.78 is 5.37. The smallest absolute Gasteiger partial charge is 0.354 e. The van der Waals surface area contributed by atoms with Gasteiger partial charge >= 0.3 is 11.9 Å². The first kappa shape index (κ1) is 35.1. The Balaban J connectivity index is 0.000000195. The van der Waals surface area contributed by atoms with Gasteiger partial charge in [-0.15, -0.1) is 0 Å². The van der Waals surface area contributed by atoms with Crippen molar-refractivity contribution in [1.29, 1.82) is 0 Å². The maximum absolute atomic E-state index is 11.3. The number of nitrogens with zero attached hydrogens (tertiary/aromatic N) is 2. The van der Waals surface area contributed by atoms with Crippen molar-refractivity contribution in [2.24, 2.45) is 0 Å². The highest BCUT2D eigenvalue weighted by Crippen LogP contribution is 2.35. The number of nitrogens with one attached hydrogen (secondary N) is 2. The Hall–Kier alpha value is -6.24. The number of carboxylic acids is 2. The third-order valence-corrected chi connectivity index (χ3v) is 7.90. The lowest BCUT2D eigenvalue weighted by Crippen LogP contribution is -2.13. The van der Waals surface area contributed by atoms with E-state index < -0.39 is 11.9 Å². The van der Waals surface area contributed by atoms with E-state index in [1.165, 1.54) is 25.7 Å². The van der Waals surface area contributed by atoms with E-state index in [2.05, 4.69) is 20.6 Å². The Labute approximate surface area is 287 Å². The Morgan fingerprint density at radius 3 is 1.72 bits per heavy atom. The van der Waals surface area contributed by atoms with Crippen LogP contribution in [-0.4, -0.2) is 54.5 Å². The van der Waals surface area contributed by atoms with E-state index in [4.69, 9.17) is 9.84 Å². The molecule has 4 aromatic carbocycles. The molecular formula is C38H36N4O8. The highest BCUT2D eigenvalue weighted by Gasteiger charge is 2.19. The van der Waals surface area contributed by atoms with Crippen LogP contribution in [0.3, 0.4) is 0 Å². The molecule has 6 aromatic rings. The van der Waals surface area contributed by atoms with Crippen LogP contribution in [0.5, 0.6) is 23.0 Å². The second-order valence-electron chi connectivity index (χ2n) is 11.5. The number of carbonyl (C=O) groups is 2. The zero-order valence-corrected chi connectivity index (χ0v) is 27.3. The summed E-state index contributed by atoms with van der Waals surface area (Å²) >= 11 is 0. The minimum Gasteiger partial charge on any atom is -0.507 e. The first-order valence-electron chi connectivity index (χ1n) is 15.6. The molecule has 6 rings (SSSR count). The van der Waals surface area contributed by atoms with Crippen molar-refractivity contribution in [3.63, 3.8) is 0 Å². The van der Waals surface area contributed by atoms with Gasteiger partial charge in [0.2, 0.25) is 0 Å².